The fourth-order valence-corrected chi connectivity index (χ4v) is 6.40. The predicted molar refractivity (Wildman–Crippen MR) is 135 cm³/mol. The van der Waals surface area contributed by atoms with Crippen LogP contribution in [0, 0.1) is 30.1 Å². The van der Waals surface area contributed by atoms with Crippen LogP contribution in [0.2, 0.25) is 0 Å². The molecule has 1 aromatic carbocycles. The van der Waals surface area contributed by atoms with Gasteiger partial charge in [-0.3, -0.25) is 0 Å². The van der Waals surface area contributed by atoms with Gasteiger partial charge in [-0.05, 0) is 0 Å². The Bertz CT molecular complexity index is 935. The number of aryl methyl sites for hydroxylation is 1. The van der Waals surface area contributed by atoms with Crippen LogP contribution in [0.25, 0.3) is 0 Å². The van der Waals surface area contributed by atoms with Crippen molar-refractivity contribution < 1.29 is 18.8 Å². The molecule has 0 radical (unpaired) electrons. The van der Waals surface area contributed by atoms with Crippen molar-refractivity contribution in [1.29, 1.82) is 0 Å². The zero-order chi connectivity index (χ0) is 24.7. The minimum absolute atomic E-state index is 0.0669. The summed E-state index contributed by atoms with van der Waals surface area (Å²) in [6.07, 6.45) is 4.61. The van der Waals surface area contributed by atoms with Crippen LogP contribution in [-0.2, 0) is 25.2 Å². The number of benzene rings is 1. The Hall–Kier alpha value is -1.79. The van der Waals surface area contributed by atoms with Gasteiger partial charge in [-0.15, -0.1) is 0 Å². The molecule has 182 valence electrons. The van der Waals surface area contributed by atoms with Crippen LogP contribution >= 0.6 is 0 Å². The van der Waals surface area contributed by atoms with Gasteiger partial charge in [0.2, 0.25) is 0 Å². The molecule has 2 bridgehead atoms. The number of nitrogens with one attached hydrogen (secondary N) is 1. The van der Waals surface area contributed by atoms with E-state index in [2.05, 4.69) is 44.9 Å². The van der Waals surface area contributed by atoms with E-state index in [9.17, 15) is 9.50 Å². The molecule has 0 spiro atoms. The Morgan fingerprint density at radius 1 is 1.26 bits per heavy atom. The number of amides is 1. The summed E-state index contributed by atoms with van der Waals surface area (Å²) in [7, 11) is 0.135. The summed E-state index contributed by atoms with van der Waals surface area (Å²) in [4.78, 5) is 17.6. The number of aliphatic imine (C=N–C) groups is 1. The van der Waals surface area contributed by atoms with Crippen LogP contribution < -0.4 is 5.32 Å². The van der Waals surface area contributed by atoms with Crippen LogP contribution in [0.1, 0.15) is 65.0 Å². The second kappa shape index (κ2) is 9.69. The van der Waals surface area contributed by atoms with Gasteiger partial charge in [-0.1, -0.05) is 0 Å². The van der Waals surface area contributed by atoms with Crippen molar-refractivity contribution in [3.8, 4) is 0 Å². The predicted octanol–water partition coefficient (Wildman–Crippen LogP) is 3.78. The summed E-state index contributed by atoms with van der Waals surface area (Å²) < 4.78 is 24.1. The zero-order valence-electron chi connectivity index (χ0n) is 21.4. The molecule has 5 rings (SSSR count). The van der Waals surface area contributed by atoms with E-state index in [0.29, 0.717) is 31.3 Å². The third kappa shape index (κ3) is 4.81. The van der Waals surface area contributed by atoms with Gasteiger partial charge in [0, 0.05) is 0 Å². The third-order valence-electron chi connectivity index (χ3n) is 8.53. The van der Waals surface area contributed by atoms with E-state index in [-0.39, 0.29) is 29.0 Å². The molecule has 1 saturated heterocycles. The first-order valence-electron chi connectivity index (χ1n) is 12.7. The number of nitrogens with zero attached hydrogens (tertiary/aromatic N) is 1. The quantitative estimate of drug-likeness (QED) is 0.446. The second-order valence-corrected chi connectivity index (χ2v) is 11.7. The molecule has 4 fully saturated rings. The van der Waals surface area contributed by atoms with Crippen LogP contribution in [0.4, 0.5) is 0 Å². The molecule has 6 nitrogen and oxygen atoms in total. The van der Waals surface area contributed by atoms with Gasteiger partial charge in [0.25, 0.3) is 0 Å². The first-order valence-corrected chi connectivity index (χ1v) is 12.7. The monoisotopic (exact) mass is 464 g/mol. The van der Waals surface area contributed by atoms with Gasteiger partial charge in [0.1, 0.15) is 0 Å². The maximum absolute atomic E-state index is 13.4. The van der Waals surface area contributed by atoms with Crippen LogP contribution in [0.15, 0.2) is 29.3 Å². The van der Waals surface area contributed by atoms with Gasteiger partial charge < -0.3 is 0 Å². The van der Waals surface area contributed by atoms with Gasteiger partial charge >= 0.3 is 205 Å². The molecule has 1 heterocycles. The molecule has 3 aliphatic carbocycles. The van der Waals surface area contributed by atoms with E-state index in [0.717, 1.165) is 24.0 Å². The molecule has 0 unspecified atom stereocenters. The van der Waals surface area contributed by atoms with Crippen LogP contribution in [-0.4, -0.2) is 50.0 Å². The molecule has 1 aliphatic heterocycles. The van der Waals surface area contributed by atoms with E-state index in [1.807, 2.05) is 31.2 Å². The summed E-state index contributed by atoms with van der Waals surface area (Å²) in [6.45, 7) is 13.2. The average molecular weight is 464 g/mol. The Morgan fingerprint density at radius 2 is 1.97 bits per heavy atom. The van der Waals surface area contributed by atoms with Crippen molar-refractivity contribution in [2.24, 2.45) is 28.2 Å². The van der Waals surface area contributed by atoms with E-state index >= 15 is 0 Å². The van der Waals surface area contributed by atoms with Crippen molar-refractivity contribution in [2.45, 2.75) is 90.9 Å². The topological polar surface area (TPSA) is 77.0 Å². The fourth-order valence-electron chi connectivity index (χ4n) is 6.40. The molecule has 3 saturated carbocycles. The number of hydrogen-bond acceptors (Lipinski definition) is 5. The normalized spacial score (nSPS) is 31.0. The average Bonchev–Trinajstić information content (AvgIpc) is 3.14. The van der Waals surface area contributed by atoms with Crippen molar-refractivity contribution in [1.82, 2.24) is 5.32 Å². The molecule has 1 amide bonds. The summed E-state index contributed by atoms with van der Waals surface area (Å²) in [5, 5.41) is 3.19. The molecule has 1 aromatic rings. The summed E-state index contributed by atoms with van der Waals surface area (Å²) in [5.74, 6) is 1.01. The summed E-state index contributed by atoms with van der Waals surface area (Å²) in [5.41, 5.74) is 2.11. The summed E-state index contributed by atoms with van der Waals surface area (Å²) >= 11 is 0. The molecular formula is C26H38B2N2O4. The number of carbonyl (C=O) groups is 1. The zero-order valence-corrected chi connectivity index (χ0v) is 21.4. The molecule has 34 heavy (non-hydrogen) atoms. The van der Waals surface area contributed by atoms with E-state index in [4.69, 9.17) is 9.31 Å². The minimum atomic E-state index is -0.686. The Kier molecular flexibility index (Phi) is 7.21. The Labute approximate surface area is 205 Å². The van der Waals surface area contributed by atoms with E-state index in [1.165, 1.54) is 12.5 Å². The first kappa shape index (κ1) is 25.3. The van der Waals surface area contributed by atoms with Gasteiger partial charge in [0.05, 0.1) is 0 Å². The molecular weight excluding hydrogens is 426 g/mol. The van der Waals surface area contributed by atoms with E-state index in [1.54, 1.807) is 0 Å². The standard InChI is InChI=1S/C26H38B2N2O4/c1-16(2)11-23(28-33-22-14-19-13-21(25(19,4)5)26(22,6)34-28)30-24(31)20(29-15-27-32)12-18-9-7-17(3)8-10-18/h7-10,15-16,19-23H,11-14H2,1-6H3,(H,30,31)/t19-,20+,21-,22-,23+,26+/m1/s1. The second-order valence-electron chi connectivity index (χ2n) is 11.7. The van der Waals surface area contributed by atoms with E-state index < -0.39 is 13.2 Å². The van der Waals surface area contributed by atoms with Gasteiger partial charge in [0.15, 0.2) is 0 Å². The van der Waals surface area contributed by atoms with Crippen LogP contribution in [0.3, 0.4) is 0 Å². The van der Waals surface area contributed by atoms with Crippen molar-refractivity contribution in [3.05, 3.63) is 35.4 Å². The van der Waals surface area contributed by atoms with Gasteiger partial charge in [-0.25, -0.2) is 0 Å². The molecule has 0 aromatic heterocycles. The maximum atomic E-state index is 13.4. The Morgan fingerprint density at radius 3 is 2.59 bits per heavy atom. The first-order chi connectivity index (χ1) is 16.0. The number of rotatable bonds is 9. The fraction of sp³-hybridized carbons (Fsp3) is 0.692. The van der Waals surface area contributed by atoms with Crippen LogP contribution in [0.5, 0.6) is 0 Å². The summed E-state index contributed by atoms with van der Waals surface area (Å²) in [6, 6.07) is 7.35. The van der Waals surface area contributed by atoms with Crippen molar-refractivity contribution >= 4 is 26.3 Å². The molecule has 1 N–H and O–H groups in total. The third-order valence-corrected chi connectivity index (χ3v) is 8.53. The van der Waals surface area contributed by atoms with Gasteiger partial charge in [-0.2, -0.15) is 0 Å². The molecule has 6 atom stereocenters. The van der Waals surface area contributed by atoms with Crippen molar-refractivity contribution in [2.75, 3.05) is 0 Å². The van der Waals surface area contributed by atoms with Crippen molar-refractivity contribution in [3.63, 3.8) is 0 Å². The number of carbonyl (C=O) groups excluding carboxylic acids is 1. The SMILES string of the molecule is Cc1ccc(C[C@H](N=CB=O)C(=O)N[C@@H](CC(C)C)B2O[C@@H]3C[C@H]4C[C@H](C4(C)C)[C@]3(C)O2)cc1. The molecule has 8 heteroatoms. The number of hydrogen-bond donors (Lipinski definition) is 1. The Balaban J connectivity index is 1.49. The molecule has 4 aliphatic rings.